The number of aromatic nitrogens is 1. The maximum absolute atomic E-state index is 4.24. The number of thiazole rings is 1. The van der Waals surface area contributed by atoms with Gasteiger partial charge in [-0.2, -0.15) is 0 Å². The van der Waals surface area contributed by atoms with Crippen LogP contribution in [0, 0.1) is 0 Å². The predicted molar refractivity (Wildman–Crippen MR) is 71.5 cm³/mol. The molecule has 0 bridgehead atoms. The normalized spacial score (nSPS) is 12.6. The summed E-state index contributed by atoms with van der Waals surface area (Å²) in [5.74, 6) is 0. The highest BCUT2D eigenvalue weighted by atomic mass is 79.9. The Bertz CT molecular complexity index is 425. The number of rotatable bonds is 4. The summed E-state index contributed by atoms with van der Waals surface area (Å²) in [6.45, 7) is 2.99. The molecule has 2 rings (SSSR count). The highest BCUT2D eigenvalue weighted by Crippen LogP contribution is 2.17. The Balaban J connectivity index is 1.93. The molecule has 1 heterocycles. The number of nitrogens with one attached hydrogen (secondary N) is 1. The van der Waals surface area contributed by atoms with E-state index >= 15 is 0 Å². The molecule has 1 aromatic carbocycles. The largest absolute Gasteiger partial charge is 0.304 e. The van der Waals surface area contributed by atoms with Gasteiger partial charge in [0.1, 0.15) is 5.01 Å². The lowest BCUT2D eigenvalue weighted by atomic mass is 10.1. The van der Waals surface area contributed by atoms with Crippen LogP contribution in [0.2, 0.25) is 0 Å². The fourth-order valence-electron chi connectivity index (χ4n) is 1.45. The van der Waals surface area contributed by atoms with E-state index in [0.717, 1.165) is 16.0 Å². The molecule has 0 radical (unpaired) electrons. The molecular formula is C12H13BrN2S. The van der Waals surface area contributed by atoms with Crippen molar-refractivity contribution in [1.29, 1.82) is 0 Å². The number of nitrogens with zero attached hydrogens (tertiary/aromatic N) is 1. The molecule has 0 amide bonds. The maximum Gasteiger partial charge on any atom is 0.106 e. The lowest BCUT2D eigenvalue weighted by Gasteiger charge is -2.13. The molecule has 0 aliphatic rings. The van der Waals surface area contributed by atoms with E-state index in [0.29, 0.717) is 6.04 Å². The van der Waals surface area contributed by atoms with Crippen molar-refractivity contribution in [3.63, 3.8) is 0 Å². The van der Waals surface area contributed by atoms with Gasteiger partial charge in [0.25, 0.3) is 0 Å². The zero-order valence-corrected chi connectivity index (χ0v) is 11.4. The Morgan fingerprint density at radius 2 is 2.12 bits per heavy atom. The van der Waals surface area contributed by atoms with Gasteiger partial charge in [0.15, 0.2) is 0 Å². The summed E-state index contributed by atoms with van der Waals surface area (Å²) in [6, 6.07) is 8.73. The average molecular weight is 297 g/mol. The molecule has 0 aliphatic heterocycles. The van der Waals surface area contributed by atoms with Crippen molar-refractivity contribution in [3.8, 4) is 0 Å². The first-order chi connectivity index (χ1) is 7.75. The van der Waals surface area contributed by atoms with Crippen molar-refractivity contribution in [2.75, 3.05) is 0 Å². The third kappa shape index (κ3) is 3.14. The molecule has 0 unspecified atom stereocenters. The minimum atomic E-state index is 0.344. The van der Waals surface area contributed by atoms with Crippen molar-refractivity contribution in [2.24, 2.45) is 0 Å². The molecule has 0 fully saturated rings. The van der Waals surface area contributed by atoms with Crippen LogP contribution in [0.3, 0.4) is 0 Å². The molecule has 2 nitrogen and oxygen atoms in total. The van der Waals surface area contributed by atoms with Crippen molar-refractivity contribution in [1.82, 2.24) is 10.3 Å². The van der Waals surface area contributed by atoms with Crippen molar-refractivity contribution in [3.05, 3.63) is 50.9 Å². The molecule has 2 aromatic rings. The Kier molecular flexibility index (Phi) is 4.09. The Labute approximate surface area is 108 Å². The zero-order chi connectivity index (χ0) is 11.4. The van der Waals surface area contributed by atoms with Gasteiger partial charge in [-0.05, 0) is 24.6 Å². The quantitative estimate of drug-likeness (QED) is 0.929. The molecule has 1 atom stereocenters. The molecule has 0 saturated carbocycles. The third-order valence-corrected chi connectivity index (χ3v) is 3.72. The van der Waals surface area contributed by atoms with Gasteiger partial charge in [-0.3, -0.25) is 0 Å². The lowest BCUT2D eigenvalue weighted by molar-refractivity contribution is 0.573. The number of hydrogen-bond acceptors (Lipinski definition) is 3. The smallest absolute Gasteiger partial charge is 0.106 e. The highest BCUT2D eigenvalue weighted by Gasteiger charge is 2.05. The second-order valence-corrected chi connectivity index (χ2v) is 5.47. The lowest BCUT2D eigenvalue weighted by Crippen LogP contribution is -2.17. The van der Waals surface area contributed by atoms with Crippen LogP contribution in [0.1, 0.15) is 23.5 Å². The van der Waals surface area contributed by atoms with E-state index in [1.807, 2.05) is 11.6 Å². The van der Waals surface area contributed by atoms with Gasteiger partial charge in [-0.15, -0.1) is 11.3 Å². The average Bonchev–Trinajstić information content (AvgIpc) is 2.80. The summed E-state index contributed by atoms with van der Waals surface area (Å²) in [5, 5.41) is 6.58. The molecule has 4 heteroatoms. The minimum absolute atomic E-state index is 0.344. The van der Waals surface area contributed by atoms with Gasteiger partial charge in [0.2, 0.25) is 0 Å². The van der Waals surface area contributed by atoms with E-state index in [4.69, 9.17) is 0 Å². The fraction of sp³-hybridized carbons (Fsp3) is 0.250. The van der Waals surface area contributed by atoms with Gasteiger partial charge in [-0.1, -0.05) is 28.1 Å². The number of hydrogen-bond donors (Lipinski definition) is 1. The molecular weight excluding hydrogens is 284 g/mol. The van der Waals surface area contributed by atoms with E-state index in [2.05, 4.69) is 57.4 Å². The molecule has 84 valence electrons. The van der Waals surface area contributed by atoms with E-state index in [9.17, 15) is 0 Å². The zero-order valence-electron chi connectivity index (χ0n) is 8.98. The molecule has 0 spiro atoms. The van der Waals surface area contributed by atoms with Crippen LogP contribution in [-0.2, 0) is 6.54 Å². The van der Waals surface area contributed by atoms with E-state index in [-0.39, 0.29) is 0 Å². The Morgan fingerprint density at radius 1 is 1.38 bits per heavy atom. The Morgan fingerprint density at radius 3 is 2.75 bits per heavy atom. The summed E-state index contributed by atoms with van der Waals surface area (Å²) in [5.41, 5.74) is 1.29. The molecule has 1 N–H and O–H groups in total. The van der Waals surface area contributed by atoms with E-state index in [1.165, 1.54) is 5.56 Å². The summed E-state index contributed by atoms with van der Waals surface area (Å²) < 4.78 is 1.11. The highest BCUT2D eigenvalue weighted by molar-refractivity contribution is 9.10. The molecule has 0 saturated heterocycles. The van der Waals surface area contributed by atoms with Gasteiger partial charge in [0.05, 0.1) is 0 Å². The summed E-state index contributed by atoms with van der Waals surface area (Å²) >= 11 is 5.12. The second kappa shape index (κ2) is 5.57. The predicted octanol–water partition coefficient (Wildman–Crippen LogP) is 3.76. The van der Waals surface area contributed by atoms with Crippen LogP contribution in [0.15, 0.2) is 40.3 Å². The topological polar surface area (TPSA) is 24.9 Å². The van der Waals surface area contributed by atoms with E-state index in [1.54, 1.807) is 11.3 Å². The monoisotopic (exact) mass is 296 g/mol. The Hall–Kier alpha value is -0.710. The van der Waals surface area contributed by atoms with Crippen LogP contribution in [-0.4, -0.2) is 4.98 Å². The van der Waals surface area contributed by atoms with Crippen LogP contribution in [0.5, 0.6) is 0 Å². The standard InChI is InChI=1S/C12H13BrN2S/c1-9(10-2-4-11(13)5-3-10)15-8-12-14-6-7-16-12/h2-7,9,15H,8H2,1H3/t9-/m1/s1. The molecule has 16 heavy (non-hydrogen) atoms. The molecule has 0 aliphatic carbocycles. The van der Waals surface area contributed by atoms with Crippen molar-refractivity contribution < 1.29 is 0 Å². The summed E-state index contributed by atoms with van der Waals surface area (Å²) in [4.78, 5) is 4.24. The maximum atomic E-state index is 4.24. The van der Waals surface area contributed by atoms with Crippen LogP contribution in [0.4, 0.5) is 0 Å². The first kappa shape index (κ1) is 11.8. The first-order valence-corrected chi connectivity index (χ1v) is 6.80. The van der Waals surface area contributed by atoms with Gasteiger partial charge in [0, 0.05) is 28.6 Å². The summed E-state index contributed by atoms with van der Waals surface area (Å²) in [7, 11) is 0. The minimum Gasteiger partial charge on any atom is -0.304 e. The van der Waals surface area contributed by atoms with E-state index < -0.39 is 0 Å². The molecule has 1 aromatic heterocycles. The van der Waals surface area contributed by atoms with Crippen LogP contribution in [0.25, 0.3) is 0 Å². The third-order valence-electron chi connectivity index (χ3n) is 2.41. The number of benzene rings is 1. The van der Waals surface area contributed by atoms with Gasteiger partial charge >= 0.3 is 0 Å². The van der Waals surface area contributed by atoms with Crippen molar-refractivity contribution >= 4 is 27.3 Å². The van der Waals surface area contributed by atoms with Crippen molar-refractivity contribution in [2.45, 2.75) is 19.5 Å². The first-order valence-electron chi connectivity index (χ1n) is 5.13. The van der Waals surface area contributed by atoms with Crippen LogP contribution >= 0.6 is 27.3 Å². The second-order valence-electron chi connectivity index (χ2n) is 3.58. The number of halogens is 1. The SMILES string of the molecule is C[C@@H](NCc1nccs1)c1ccc(Br)cc1. The fourth-order valence-corrected chi connectivity index (χ4v) is 2.28. The van der Waals surface area contributed by atoms with Gasteiger partial charge in [-0.25, -0.2) is 4.98 Å². The van der Waals surface area contributed by atoms with Crippen LogP contribution < -0.4 is 5.32 Å². The summed E-state index contributed by atoms with van der Waals surface area (Å²) in [6.07, 6.45) is 1.84. The van der Waals surface area contributed by atoms with Gasteiger partial charge < -0.3 is 5.32 Å².